The van der Waals surface area contributed by atoms with Crippen LogP contribution in [0.15, 0.2) is 24.3 Å². The molecule has 3 rings (SSSR count). The third kappa shape index (κ3) is 4.54. The van der Waals surface area contributed by atoms with Crippen LogP contribution in [-0.4, -0.2) is 56.2 Å². The molecular weight excluding hydrogens is 334 g/mol. The summed E-state index contributed by atoms with van der Waals surface area (Å²) in [6.45, 7) is 9.57. The molecule has 1 saturated heterocycles. The minimum Gasteiger partial charge on any atom is -0.369 e. The monoisotopic (exact) mass is 359 g/mol. The maximum atomic E-state index is 10.8. The van der Waals surface area contributed by atoms with Crippen LogP contribution in [0.3, 0.4) is 0 Å². The van der Waals surface area contributed by atoms with E-state index >= 15 is 0 Å². The van der Waals surface area contributed by atoms with E-state index in [-0.39, 0.29) is 10.6 Å². The zero-order chi connectivity index (χ0) is 18.5. The van der Waals surface area contributed by atoms with Crippen molar-refractivity contribution >= 4 is 11.4 Å². The maximum absolute atomic E-state index is 10.8. The molecule has 0 amide bonds. The van der Waals surface area contributed by atoms with Crippen molar-refractivity contribution < 1.29 is 4.92 Å². The molecule has 0 N–H and O–H groups in total. The molecule has 2 heterocycles. The van der Waals surface area contributed by atoms with Gasteiger partial charge in [-0.05, 0) is 34.9 Å². The third-order valence-electron chi connectivity index (χ3n) is 4.69. The summed E-state index contributed by atoms with van der Waals surface area (Å²) >= 11 is 0. The first-order valence-electron chi connectivity index (χ1n) is 8.99. The molecular formula is C17H25N7O2. The highest BCUT2D eigenvalue weighted by atomic mass is 16.6. The highest BCUT2D eigenvalue weighted by molar-refractivity contribution is 5.51. The molecule has 0 spiro atoms. The number of nitro benzene ring substituents is 1. The summed E-state index contributed by atoms with van der Waals surface area (Å²) in [4.78, 5) is 15.0. The Labute approximate surface area is 152 Å². The fourth-order valence-electron chi connectivity index (χ4n) is 3.04. The van der Waals surface area contributed by atoms with Crippen LogP contribution in [0.1, 0.15) is 26.1 Å². The average Bonchev–Trinajstić information content (AvgIpc) is 3.08. The lowest BCUT2D eigenvalue weighted by Crippen LogP contribution is -2.46. The van der Waals surface area contributed by atoms with Gasteiger partial charge in [-0.25, -0.2) is 4.68 Å². The van der Waals surface area contributed by atoms with Crippen LogP contribution in [0.5, 0.6) is 0 Å². The second-order valence-electron chi connectivity index (χ2n) is 7.04. The molecule has 0 aliphatic carbocycles. The molecule has 0 radical (unpaired) electrons. The zero-order valence-electron chi connectivity index (χ0n) is 15.3. The number of nitrogens with zero attached hydrogens (tertiary/aromatic N) is 7. The lowest BCUT2D eigenvalue weighted by atomic mass is 10.1. The fourth-order valence-corrected chi connectivity index (χ4v) is 3.04. The topological polar surface area (TPSA) is 93.2 Å². The minimum absolute atomic E-state index is 0.126. The van der Waals surface area contributed by atoms with Crippen molar-refractivity contribution in [2.75, 3.05) is 31.1 Å². The van der Waals surface area contributed by atoms with E-state index in [2.05, 4.69) is 39.2 Å². The van der Waals surface area contributed by atoms with Gasteiger partial charge in [0.2, 0.25) is 0 Å². The summed E-state index contributed by atoms with van der Waals surface area (Å²) in [7, 11) is 0. The van der Waals surface area contributed by atoms with Crippen molar-refractivity contribution in [3.63, 3.8) is 0 Å². The highest BCUT2D eigenvalue weighted by Gasteiger charge is 2.20. The summed E-state index contributed by atoms with van der Waals surface area (Å²) in [6, 6.07) is 6.76. The highest BCUT2D eigenvalue weighted by Crippen LogP contribution is 2.21. The van der Waals surface area contributed by atoms with Gasteiger partial charge >= 0.3 is 0 Å². The first kappa shape index (κ1) is 18.2. The van der Waals surface area contributed by atoms with Crippen LogP contribution in [0.2, 0.25) is 0 Å². The molecule has 1 aromatic carbocycles. The molecule has 2 aromatic rings. The molecule has 0 atom stereocenters. The van der Waals surface area contributed by atoms with Gasteiger partial charge in [0.25, 0.3) is 5.69 Å². The quantitative estimate of drug-likeness (QED) is 0.551. The molecule has 0 bridgehead atoms. The Kier molecular flexibility index (Phi) is 5.77. The van der Waals surface area contributed by atoms with Gasteiger partial charge in [-0.15, -0.1) is 5.10 Å². The Balaban J connectivity index is 1.52. The van der Waals surface area contributed by atoms with Gasteiger partial charge < -0.3 is 4.90 Å². The van der Waals surface area contributed by atoms with Gasteiger partial charge in [0.05, 0.1) is 11.5 Å². The number of piperazine rings is 1. The summed E-state index contributed by atoms with van der Waals surface area (Å²) in [5, 5.41) is 22.9. The van der Waals surface area contributed by atoms with Crippen LogP contribution in [0.25, 0.3) is 0 Å². The van der Waals surface area contributed by atoms with Crippen LogP contribution in [-0.2, 0) is 13.1 Å². The number of nitro groups is 1. The van der Waals surface area contributed by atoms with Gasteiger partial charge in [0.15, 0.2) is 5.82 Å². The van der Waals surface area contributed by atoms with E-state index in [0.717, 1.165) is 57.2 Å². The number of non-ortho nitro benzene ring substituents is 1. The number of hydrogen-bond donors (Lipinski definition) is 0. The van der Waals surface area contributed by atoms with E-state index < -0.39 is 0 Å². The Morgan fingerprint density at radius 3 is 2.46 bits per heavy atom. The number of anilines is 1. The number of aryl methyl sites for hydroxylation is 1. The standard InChI is InChI=1S/C17H25N7O2/c1-14(2)7-8-23-17(18-19-20-23)13-21-9-11-22(12-10-21)15-3-5-16(6-4-15)24(25)26/h3-6,14H,7-13H2,1-2H3. The van der Waals surface area contributed by atoms with Crippen LogP contribution in [0.4, 0.5) is 11.4 Å². The second kappa shape index (κ2) is 8.22. The van der Waals surface area contributed by atoms with Gasteiger partial charge in [0, 0.05) is 50.5 Å². The molecule has 0 unspecified atom stereocenters. The predicted octanol–water partition coefficient (Wildman–Crippen LogP) is 1.95. The molecule has 0 saturated carbocycles. The molecule has 1 aromatic heterocycles. The third-order valence-corrected chi connectivity index (χ3v) is 4.69. The SMILES string of the molecule is CC(C)CCn1nnnc1CN1CCN(c2ccc([N+](=O)[O-])cc2)CC1. The first-order valence-corrected chi connectivity index (χ1v) is 8.99. The molecule has 26 heavy (non-hydrogen) atoms. The van der Waals surface area contributed by atoms with Crippen LogP contribution >= 0.6 is 0 Å². The molecule has 9 heteroatoms. The summed E-state index contributed by atoms with van der Waals surface area (Å²) in [6.07, 6.45) is 1.06. The summed E-state index contributed by atoms with van der Waals surface area (Å²) in [5.74, 6) is 1.53. The number of hydrogen-bond acceptors (Lipinski definition) is 7. The van der Waals surface area contributed by atoms with E-state index in [1.165, 1.54) is 0 Å². The van der Waals surface area contributed by atoms with Crippen molar-refractivity contribution in [1.82, 2.24) is 25.1 Å². The summed E-state index contributed by atoms with van der Waals surface area (Å²) < 4.78 is 1.91. The number of tetrazole rings is 1. The lowest BCUT2D eigenvalue weighted by Gasteiger charge is -2.35. The van der Waals surface area contributed by atoms with Crippen LogP contribution in [0, 0.1) is 16.0 Å². The van der Waals surface area contributed by atoms with E-state index in [0.29, 0.717) is 5.92 Å². The largest absolute Gasteiger partial charge is 0.369 e. The van der Waals surface area contributed by atoms with Crippen molar-refractivity contribution in [3.05, 3.63) is 40.2 Å². The van der Waals surface area contributed by atoms with E-state index in [1.54, 1.807) is 12.1 Å². The van der Waals surface area contributed by atoms with Crippen LogP contribution < -0.4 is 4.90 Å². The Hall–Kier alpha value is -2.55. The van der Waals surface area contributed by atoms with Crippen molar-refractivity contribution in [2.45, 2.75) is 33.4 Å². The molecule has 140 valence electrons. The van der Waals surface area contributed by atoms with E-state index in [4.69, 9.17) is 0 Å². The van der Waals surface area contributed by atoms with Crippen molar-refractivity contribution in [2.24, 2.45) is 5.92 Å². The second-order valence-corrected chi connectivity index (χ2v) is 7.04. The Morgan fingerprint density at radius 1 is 1.15 bits per heavy atom. The number of benzene rings is 1. The number of aromatic nitrogens is 4. The predicted molar refractivity (Wildman–Crippen MR) is 97.9 cm³/mol. The minimum atomic E-state index is -0.370. The Morgan fingerprint density at radius 2 is 1.85 bits per heavy atom. The molecule has 1 aliphatic rings. The maximum Gasteiger partial charge on any atom is 0.269 e. The lowest BCUT2D eigenvalue weighted by molar-refractivity contribution is -0.384. The Bertz CT molecular complexity index is 721. The van der Waals surface area contributed by atoms with E-state index in [9.17, 15) is 10.1 Å². The number of rotatable bonds is 7. The summed E-state index contributed by atoms with van der Waals surface area (Å²) in [5.41, 5.74) is 1.15. The molecule has 1 aliphatic heterocycles. The van der Waals surface area contributed by atoms with Crippen molar-refractivity contribution in [1.29, 1.82) is 0 Å². The van der Waals surface area contributed by atoms with E-state index in [1.807, 2.05) is 16.8 Å². The average molecular weight is 359 g/mol. The zero-order valence-corrected chi connectivity index (χ0v) is 15.3. The van der Waals surface area contributed by atoms with Gasteiger partial charge in [-0.3, -0.25) is 15.0 Å². The smallest absolute Gasteiger partial charge is 0.269 e. The molecule has 1 fully saturated rings. The van der Waals surface area contributed by atoms with Crippen molar-refractivity contribution in [3.8, 4) is 0 Å². The first-order chi connectivity index (χ1) is 12.5. The van der Waals surface area contributed by atoms with Gasteiger partial charge in [-0.1, -0.05) is 13.8 Å². The van der Waals surface area contributed by atoms with Gasteiger partial charge in [0.1, 0.15) is 0 Å². The van der Waals surface area contributed by atoms with Gasteiger partial charge in [-0.2, -0.15) is 0 Å². The molecule has 9 nitrogen and oxygen atoms in total. The fraction of sp³-hybridized carbons (Fsp3) is 0.588. The normalized spacial score (nSPS) is 15.6.